The number of carbonyl (C=O) groups excluding carboxylic acids is 1. The van der Waals surface area contributed by atoms with E-state index in [4.69, 9.17) is 0 Å². The molecule has 1 aromatic rings. The number of aliphatic hydroxyl groups excluding tert-OH is 5. The van der Waals surface area contributed by atoms with E-state index >= 15 is 4.79 Å². The third-order valence-corrected chi connectivity index (χ3v) is 21.3. The predicted octanol–water partition coefficient (Wildman–Crippen LogP) is 5.66. The Morgan fingerprint density at radius 3 is 2.38 bits per heavy atom. The quantitative estimate of drug-likeness (QED) is 0.217. The van der Waals surface area contributed by atoms with E-state index in [-0.39, 0.29) is 46.2 Å². The molecule has 6 N–H and O–H groups in total. The lowest BCUT2D eigenvalue weighted by atomic mass is 9.23. The summed E-state index contributed by atoms with van der Waals surface area (Å²) in [5, 5.41) is 74.4. The first-order chi connectivity index (χ1) is 27.4. The molecule has 0 radical (unpaired) electrons. The molecule has 4 bridgehead atoms. The number of rotatable bonds is 3. The minimum Gasteiger partial charge on any atom is -0.394 e. The largest absolute Gasteiger partial charge is 0.394 e. The van der Waals surface area contributed by atoms with Gasteiger partial charge in [0.25, 0.3) is 0 Å². The fourth-order valence-corrected chi connectivity index (χ4v) is 19.7. The van der Waals surface area contributed by atoms with Crippen molar-refractivity contribution in [2.45, 2.75) is 148 Å². The fraction of sp³-hybridized carbons (Fsp3) is 0.745. The lowest BCUT2D eigenvalue weighted by Crippen LogP contribution is -2.82. The Kier molecular flexibility index (Phi) is 7.93. The highest BCUT2D eigenvalue weighted by molar-refractivity contribution is 5.96. The van der Waals surface area contributed by atoms with Gasteiger partial charge in [-0.05, 0) is 163 Å². The first kappa shape index (κ1) is 38.8. The Labute approximate surface area is 344 Å². The van der Waals surface area contributed by atoms with Crippen molar-refractivity contribution in [3.05, 3.63) is 58.0 Å². The number of carbonyl (C=O) groups is 1. The summed E-state index contributed by atoms with van der Waals surface area (Å²) in [6, 6.07) is 6.26. The van der Waals surface area contributed by atoms with Crippen LogP contribution in [0.4, 0.5) is 0 Å². The van der Waals surface area contributed by atoms with Crippen molar-refractivity contribution in [3.8, 4) is 0 Å². The van der Waals surface area contributed by atoms with Gasteiger partial charge in [-0.1, -0.05) is 76.1 Å². The molecule has 0 heterocycles. The standard InChI is InChI=1S/C51H68O7/c1-28(53)29-8-9-30-22-31-12-17-47-18-14-38-45(4,42(57)26-52)40(55)15-19-49(38,34(31)23-32(30)21-29)43(47)37(54)24-35-36-25-44(2,3)27-48-16-6-7-33(48)13-20-50(58)39(46(35,47)5)10-11-41(56)51(36,48)50/h8-9,13,20-24,28,31,33-34,36,38-43,52-53,55-58H,6-7,10-12,14-19,25-27H2,1-5H3/t28-,31-,33-,34-,36-,38-,39+,40+,41-,42-,43+,45+,46+,47-,48-,49-,50+,51+/m1/s1. The zero-order chi connectivity index (χ0) is 40.8. The Balaban J connectivity index is 1.20. The van der Waals surface area contributed by atoms with Gasteiger partial charge in [0.1, 0.15) is 0 Å². The second-order valence-corrected chi connectivity index (χ2v) is 23.2. The number of allylic oxidation sites excluding steroid dienone is 3. The molecule has 58 heavy (non-hydrogen) atoms. The van der Waals surface area contributed by atoms with E-state index in [9.17, 15) is 30.6 Å². The van der Waals surface area contributed by atoms with E-state index in [0.717, 1.165) is 67.4 Å². The van der Waals surface area contributed by atoms with Crippen LogP contribution in [0.1, 0.15) is 130 Å². The van der Waals surface area contributed by atoms with Gasteiger partial charge in [0.15, 0.2) is 5.78 Å². The fourth-order valence-electron chi connectivity index (χ4n) is 19.7. The number of ketones is 1. The van der Waals surface area contributed by atoms with Gasteiger partial charge in [0.05, 0.1) is 36.6 Å². The average Bonchev–Trinajstić information content (AvgIpc) is 3.56. The molecule has 7 fully saturated rings. The second-order valence-electron chi connectivity index (χ2n) is 23.2. The minimum absolute atomic E-state index is 0.0342. The normalized spacial score (nSPS) is 53.6. The number of hydrogen-bond donors (Lipinski definition) is 6. The third-order valence-electron chi connectivity index (χ3n) is 21.3. The van der Waals surface area contributed by atoms with E-state index in [1.807, 2.05) is 13.0 Å². The van der Waals surface area contributed by atoms with Crippen LogP contribution in [0.3, 0.4) is 0 Å². The van der Waals surface area contributed by atoms with Crippen LogP contribution in [0.15, 0.2) is 42.0 Å². The van der Waals surface area contributed by atoms with Crippen LogP contribution in [0, 0.1) is 79.3 Å². The third kappa shape index (κ3) is 4.05. The number of fused-ring (bicyclic) bond motifs is 5. The first-order valence-corrected chi connectivity index (χ1v) is 23.3. The van der Waals surface area contributed by atoms with Crippen LogP contribution < -0.4 is 10.4 Å². The van der Waals surface area contributed by atoms with Gasteiger partial charge in [0, 0.05) is 28.1 Å². The van der Waals surface area contributed by atoms with Gasteiger partial charge in [-0.25, -0.2) is 0 Å². The molecule has 3 spiro atoms. The van der Waals surface area contributed by atoms with E-state index in [2.05, 4.69) is 63.3 Å². The molecule has 0 unspecified atom stereocenters. The van der Waals surface area contributed by atoms with Crippen LogP contribution in [0.25, 0.3) is 12.2 Å². The second kappa shape index (κ2) is 11.9. The highest BCUT2D eigenvalue weighted by Crippen LogP contribution is 2.87. The van der Waals surface area contributed by atoms with Crippen molar-refractivity contribution in [1.82, 2.24) is 0 Å². The Morgan fingerprint density at radius 1 is 0.845 bits per heavy atom. The van der Waals surface area contributed by atoms with Gasteiger partial charge in [-0.2, -0.15) is 0 Å². The Bertz CT molecular complexity index is 2150. The maximum absolute atomic E-state index is 16.2. The van der Waals surface area contributed by atoms with Crippen LogP contribution in [-0.4, -0.2) is 66.9 Å². The Morgan fingerprint density at radius 2 is 1.62 bits per heavy atom. The Hall–Kier alpha value is -2.13. The molecule has 10 aliphatic carbocycles. The molecule has 314 valence electrons. The summed E-state index contributed by atoms with van der Waals surface area (Å²) in [4.78, 5) is 16.2. The molecule has 0 aromatic heterocycles. The molecular weight excluding hydrogens is 725 g/mol. The highest BCUT2D eigenvalue weighted by Gasteiger charge is 2.86. The SMILES string of the molecule is C[C@@H](O)c1ccc2c(c1)=C[C@@H]1[C@@H](C=2)CC[C@@]23CC[C@@H]4[C@](C)([C@H](O)CO)[C@@H](O)CC[C@@]14[C@H]2C(=O)C=C1[C@H]2CC(C)(C)C[C@]45CCC[C@@H]4C=C[C@]4(O)[C@@H](CC[C@@H](O)[C@@]254)[C@]13C. The predicted molar refractivity (Wildman–Crippen MR) is 222 cm³/mol. The first-order valence-electron chi connectivity index (χ1n) is 23.3. The molecule has 11 rings (SSSR count). The van der Waals surface area contributed by atoms with E-state index in [0.29, 0.717) is 38.0 Å². The van der Waals surface area contributed by atoms with Crippen molar-refractivity contribution in [1.29, 1.82) is 0 Å². The van der Waals surface area contributed by atoms with E-state index in [1.54, 1.807) is 6.92 Å². The molecule has 7 heteroatoms. The van der Waals surface area contributed by atoms with Gasteiger partial charge < -0.3 is 30.6 Å². The topological polar surface area (TPSA) is 138 Å². The van der Waals surface area contributed by atoms with Gasteiger partial charge in [-0.3, -0.25) is 4.79 Å². The summed E-state index contributed by atoms with van der Waals surface area (Å²) >= 11 is 0. The molecule has 7 nitrogen and oxygen atoms in total. The molecule has 18 atom stereocenters. The van der Waals surface area contributed by atoms with Crippen molar-refractivity contribution < 1.29 is 35.4 Å². The summed E-state index contributed by atoms with van der Waals surface area (Å²) in [6.07, 6.45) is 18.9. The summed E-state index contributed by atoms with van der Waals surface area (Å²) in [5.41, 5.74) is -2.89. The van der Waals surface area contributed by atoms with Crippen LogP contribution >= 0.6 is 0 Å². The molecular formula is C51H68O7. The summed E-state index contributed by atoms with van der Waals surface area (Å²) < 4.78 is 0. The zero-order valence-electron chi connectivity index (χ0n) is 35.5. The van der Waals surface area contributed by atoms with Crippen molar-refractivity contribution in [2.24, 2.45) is 79.3 Å². The van der Waals surface area contributed by atoms with Crippen LogP contribution in [0.5, 0.6) is 0 Å². The maximum atomic E-state index is 16.2. The lowest BCUT2D eigenvalue weighted by molar-refractivity contribution is -0.339. The zero-order valence-corrected chi connectivity index (χ0v) is 35.5. The van der Waals surface area contributed by atoms with Crippen molar-refractivity contribution >= 4 is 17.9 Å². The number of benzene rings is 1. The van der Waals surface area contributed by atoms with Crippen LogP contribution in [-0.2, 0) is 4.79 Å². The number of aliphatic hydroxyl groups is 6. The van der Waals surface area contributed by atoms with Gasteiger partial charge in [0.2, 0.25) is 0 Å². The average molecular weight is 793 g/mol. The monoisotopic (exact) mass is 792 g/mol. The minimum atomic E-state index is -1.22. The smallest absolute Gasteiger partial charge is 0.159 e. The lowest BCUT2D eigenvalue weighted by Gasteiger charge is -2.81. The molecule has 0 aliphatic heterocycles. The summed E-state index contributed by atoms with van der Waals surface area (Å²) in [5.74, 6) is -0.419. The van der Waals surface area contributed by atoms with Crippen LogP contribution in [0.2, 0.25) is 0 Å². The maximum Gasteiger partial charge on any atom is 0.159 e. The molecule has 10 aliphatic rings. The highest BCUT2D eigenvalue weighted by atomic mass is 16.3. The van der Waals surface area contributed by atoms with Gasteiger partial charge >= 0.3 is 0 Å². The molecule has 0 amide bonds. The summed E-state index contributed by atoms with van der Waals surface area (Å²) in [7, 11) is 0. The molecule has 7 saturated carbocycles. The van der Waals surface area contributed by atoms with Gasteiger partial charge in [-0.15, -0.1) is 0 Å². The van der Waals surface area contributed by atoms with Crippen molar-refractivity contribution in [3.63, 3.8) is 0 Å². The van der Waals surface area contributed by atoms with E-state index in [1.165, 1.54) is 5.57 Å². The summed E-state index contributed by atoms with van der Waals surface area (Å²) in [6.45, 7) is 10.6. The van der Waals surface area contributed by atoms with Crippen molar-refractivity contribution in [2.75, 3.05) is 6.61 Å². The molecule has 0 saturated heterocycles. The number of hydrogen-bond acceptors (Lipinski definition) is 7. The van der Waals surface area contributed by atoms with E-state index < -0.39 is 69.6 Å². The molecule has 1 aromatic carbocycles.